The van der Waals surface area contributed by atoms with E-state index in [-0.39, 0.29) is 0 Å². The summed E-state index contributed by atoms with van der Waals surface area (Å²) in [6, 6.07) is 8.82. The predicted molar refractivity (Wildman–Crippen MR) is 68.0 cm³/mol. The summed E-state index contributed by atoms with van der Waals surface area (Å²) in [6.07, 6.45) is 2.60. The fraction of sp³-hybridized carbons (Fsp3) is 0.500. The van der Waals surface area contributed by atoms with Gasteiger partial charge in [-0.15, -0.1) is 0 Å². The smallest absolute Gasteiger partial charge is 0.0175 e. The number of alkyl halides is 1. The molecule has 14 heavy (non-hydrogen) atoms. The predicted octanol–water partition coefficient (Wildman–Crippen LogP) is 4.51. The molecule has 1 fully saturated rings. The fourth-order valence-corrected chi connectivity index (χ4v) is 3.47. The van der Waals surface area contributed by atoms with Crippen molar-refractivity contribution in [2.45, 2.75) is 25.2 Å². The monoisotopic (exact) mass is 316 g/mol. The summed E-state index contributed by atoms with van der Waals surface area (Å²) in [7, 11) is 0. The van der Waals surface area contributed by atoms with Crippen LogP contribution >= 0.6 is 31.9 Å². The summed E-state index contributed by atoms with van der Waals surface area (Å²) in [5.74, 6) is 0.841. The zero-order valence-electron chi connectivity index (χ0n) is 8.26. The van der Waals surface area contributed by atoms with Gasteiger partial charge in [0.1, 0.15) is 0 Å². The van der Waals surface area contributed by atoms with E-state index in [0.717, 1.165) is 11.2 Å². The van der Waals surface area contributed by atoms with E-state index in [0.29, 0.717) is 5.41 Å². The van der Waals surface area contributed by atoms with Crippen LogP contribution in [0.1, 0.15) is 25.3 Å². The third-order valence-corrected chi connectivity index (χ3v) is 4.78. The van der Waals surface area contributed by atoms with Crippen LogP contribution in [-0.2, 0) is 5.41 Å². The summed E-state index contributed by atoms with van der Waals surface area (Å²) in [5, 5.41) is 1.14. The van der Waals surface area contributed by atoms with Crippen LogP contribution in [-0.4, -0.2) is 5.33 Å². The molecule has 1 aromatic carbocycles. The van der Waals surface area contributed by atoms with Gasteiger partial charge in [0, 0.05) is 9.80 Å². The first-order chi connectivity index (χ1) is 6.73. The summed E-state index contributed by atoms with van der Waals surface area (Å²) >= 11 is 7.07. The quantitative estimate of drug-likeness (QED) is 0.719. The molecule has 0 bridgehead atoms. The Hall–Kier alpha value is 0.180. The number of hydrogen-bond acceptors (Lipinski definition) is 0. The van der Waals surface area contributed by atoms with Crippen molar-refractivity contribution in [2.75, 3.05) is 5.33 Å². The molecule has 0 N–H and O–H groups in total. The van der Waals surface area contributed by atoms with Gasteiger partial charge in [-0.3, -0.25) is 0 Å². The molecule has 0 radical (unpaired) electrons. The average molecular weight is 318 g/mol. The maximum atomic E-state index is 3.60. The van der Waals surface area contributed by atoms with Crippen molar-refractivity contribution in [3.05, 3.63) is 34.3 Å². The van der Waals surface area contributed by atoms with Gasteiger partial charge in [-0.2, -0.15) is 0 Å². The zero-order valence-corrected chi connectivity index (χ0v) is 11.4. The minimum absolute atomic E-state index is 0.476. The van der Waals surface area contributed by atoms with Gasteiger partial charge in [0.05, 0.1) is 0 Å². The standard InChI is InChI=1S/C12H14Br2/c1-2-12(7-10(12)8-13)9-3-5-11(14)6-4-9/h3-6,10H,2,7-8H2,1H3. The minimum atomic E-state index is 0.476. The number of benzene rings is 1. The van der Waals surface area contributed by atoms with E-state index in [4.69, 9.17) is 0 Å². The van der Waals surface area contributed by atoms with Gasteiger partial charge in [-0.25, -0.2) is 0 Å². The van der Waals surface area contributed by atoms with Crippen molar-refractivity contribution in [1.82, 2.24) is 0 Å². The second-order valence-electron chi connectivity index (χ2n) is 4.07. The fourth-order valence-electron chi connectivity index (χ4n) is 2.36. The zero-order chi connectivity index (χ0) is 10.2. The van der Waals surface area contributed by atoms with Gasteiger partial charge >= 0.3 is 0 Å². The third kappa shape index (κ3) is 1.67. The molecule has 76 valence electrons. The Bertz CT molecular complexity index is 318. The minimum Gasteiger partial charge on any atom is -0.0925 e. The molecule has 0 aliphatic heterocycles. The summed E-state index contributed by atoms with van der Waals surface area (Å²) in [5.41, 5.74) is 1.98. The molecule has 2 unspecified atom stereocenters. The Balaban J connectivity index is 2.26. The second-order valence-corrected chi connectivity index (χ2v) is 5.64. The van der Waals surface area contributed by atoms with Gasteiger partial charge in [-0.1, -0.05) is 50.9 Å². The number of hydrogen-bond donors (Lipinski definition) is 0. The van der Waals surface area contributed by atoms with Crippen LogP contribution in [0.25, 0.3) is 0 Å². The Kier molecular flexibility index (Phi) is 3.03. The SMILES string of the molecule is CCC1(c2ccc(Br)cc2)CC1CBr. The first-order valence-corrected chi connectivity index (χ1v) is 6.96. The Morgan fingerprint density at radius 2 is 2.00 bits per heavy atom. The van der Waals surface area contributed by atoms with E-state index in [2.05, 4.69) is 63.0 Å². The van der Waals surface area contributed by atoms with E-state index in [1.807, 2.05) is 0 Å². The second kappa shape index (κ2) is 3.97. The highest BCUT2D eigenvalue weighted by molar-refractivity contribution is 9.10. The van der Waals surface area contributed by atoms with Gasteiger partial charge < -0.3 is 0 Å². The van der Waals surface area contributed by atoms with E-state index in [1.165, 1.54) is 22.9 Å². The molecule has 0 spiro atoms. The maximum absolute atomic E-state index is 3.60. The lowest BCUT2D eigenvalue weighted by Gasteiger charge is -2.15. The van der Waals surface area contributed by atoms with Gasteiger partial charge in [0.2, 0.25) is 0 Å². The van der Waals surface area contributed by atoms with Crippen molar-refractivity contribution in [3.63, 3.8) is 0 Å². The van der Waals surface area contributed by atoms with E-state index < -0.39 is 0 Å². The largest absolute Gasteiger partial charge is 0.0925 e. The van der Waals surface area contributed by atoms with Crippen LogP contribution in [0.15, 0.2) is 28.7 Å². The molecule has 1 aromatic rings. The number of halogens is 2. The normalized spacial score (nSPS) is 30.4. The Morgan fingerprint density at radius 3 is 2.43 bits per heavy atom. The Labute approximate surface area is 102 Å². The molecule has 0 nitrogen and oxygen atoms in total. The van der Waals surface area contributed by atoms with Crippen molar-refractivity contribution in [3.8, 4) is 0 Å². The van der Waals surface area contributed by atoms with Crippen LogP contribution in [0.4, 0.5) is 0 Å². The van der Waals surface area contributed by atoms with Crippen molar-refractivity contribution < 1.29 is 0 Å². The Morgan fingerprint density at radius 1 is 1.36 bits per heavy atom. The summed E-state index contributed by atoms with van der Waals surface area (Å²) < 4.78 is 1.17. The lowest BCUT2D eigenvalue weighted by Crippen LogP contribution is -2.08. The van der Waals surface area contributed by atoms with Crippen LogP contribution in [0.2, 0.25) is 0 Å². The lowest BCUT2D eigenvalue weighted by atomic mass is 9.91. The van der Waals surface area contributed by atoms with Crippen LogP contribution in [0.5, 0.6) is 0 Å². The molecular weight excluding hydrogens is 304 g/mol. The van der Waals surface area contributed by atoms with Crippen molar-refractivity contribution in [1.29, 1.82) is 0 Å². The molecule has 1 aliphatic rings. The highest BCUT2D eigenvalue weighted by Crippen LogP contribution is 2.57. The van der Waals surface area contributed by atoms with E-state index in [1.54, 1.807) is 0 Å². The molecule has 2 rings (SSSR count). The molecule has 0 aromatic heterocycles. The van der Waals surface area contributed by atoms with E-state index >= 15 is 0 Å². The van der Waals surface area contributed by atoms with Gasteiger partial charge in [-0.05, 0) is 41.9 Å². The van der Waals surface area contributed by atoms with Crippen LogP contribution in [0.3, 0.4) is 0 Å². The lowest BCUT2D eigenvalue weighted by molar-refractivity contribution is 0.612. The molecule has 0 amide bonds. The molecule has 1 aliphatic carbocycles. The highest BCUT2D eigenvalue weighted by atomic mass is 79.9. The maximum Gasteiger partial charge on any atom is 0.0175 e. The summed E-state index contributed by atoms with van der Waals surface area (Å²) in [4.78, 5) is 0. The molecule has 0 saturated heterocycles. The number of rotatable bonds is 3. The highest BCUT2D eigenvalue weighted by Gasteiger charge is 2.52. The third-order valence-electron chi connectivity index (χ3n) is 3.47. The molecule has 2 atom stereocenters. The molecular formula is C12H14Br2. The van der Waals surface area contributed by atoms with Crippen molar-refractivity contribution in [2.24, 2.45) is 5.92 Å². The van der Waals surface area contributed by atoms with Crippen LogP contribution in [0, 0.1) is 5.92 Å². The topological polar surface area (TPSA) is 0 Å². The van der Waals surface area contributed by atoms with Gasteiger partial charge in [0.25, 0.3) is 0 Å². The van der Waals surface area contributed by atoms with E-state index in [9.17, 15) is 0 Å². The van der Waals surface area contributed by atoms with Crippen LogP contribution < -0.4 is 0 Å². The molecule has 2 heteroatoms. The van der Waals surface area contributed by atoms with Gasteiger partial charge in [0.15, 0.2) is 0 Å². The van der Waals surface area contributed by atoms with Crippen molar-refractivity contribution >= 4 is 31.9 Å². The first kappa shape index (κ1) is 10.7. The first-order valence-electron chi connectivity index (χ1n) is 5.05. The molecule has 0 heterocycles. The molecule has 1 saturated carbocycles. The summed E-state index contributed by atoms with van der Waals surface area (Å²) in [6.45, 7) is 2.30. The average Bonchev–Trinajstić information content (AvgIpc) is 2.94.